The van der Waals surface area contributed by atoms with Gasteiger partial charge in [-0.3, -0.25) is 5.41 Å². The van der Waals surface area contributed by atoms with Gasteiger partial charge in [-0.15, -0.1) is 0 Å². The Morgan fingerprint density at radius 1 is 1.44 bits per heavy atom. The van der Waals surface area contributed by atoms with Gasteiger partial charge >= 0.3 is 6.03 Å². The Labute approximate surface area is 106 Å². The van der Waals surface area contributed by atoms with Gasteiger partial charge in [0.25, 0.3) is 0 Å². The highest BCUT2D eigenvalue weighted by Gasteiger charge is 2.06. The lowest BCUT2D eigenvalue weighted by Crippen LogP contribution is -2.29. The molecule has 0 fully saturated rings. The third-order valence-corrected chi connectivity index (χ3v) is 2.05. The summed E-state index contributed by atoms with van der Waals surface area (Å²) < 4.78 is 5.31. The number of benzene rings is 1. The molecule has 0 heterocycles. The average Bonchev–Trinajstić information content (AvgIpc) is 2.35. The third-order valence-electron chi connectivity index (χ3n) is 2.05. The molecule has 2 amide bonds. The summed E-state index contributed by atoms with van der Waals surface area (Å²) >= 11 is 0. The SMILES string of the molecule is CCCNC(=O)Nc1ccccc1OCC(=N)N. The number of anilines is 1. The van der Waals surface area contributed by atoms with E-state index in [1.807, 2.05) is 6.92 Å². The average molecular weight is 250 g/mol. The maximum absolute atomic E-state index is 11.5. The number of para-hydroxylation sites is 2. The molecule has 18 heavy (non-hydrogen) atoms. The van der Waals surface area contributed by atoms with E-state index in [0.29, 0.717) is 18.0 Å². The van der Waals surface area contributed by atoms with Crippen LogP contribution in [0.1, 0.15) is 13.3 Å². The van der Waals surface area contributed by atoms with Gasteiger partial charge in [-0.2, -0.15) is 0 Å². The number of hydrogen-bond acceptors (Lipinski definition) is 3. The topological polar surface area (TPSA) is 100 Å². The lowest BCUT2D eigenvalue weighted by molar-refractivity contribution is 0.252. The van der Waals surface area contributed by atoms with E-state index in [4.69, 9.17) is 15.9 Å². The Balaban J connectivity index is 2.63. The van der Waals surface area contributed by atoms with Crippen LogP contribution >= 0.6 is 0 Å². The van der Waals surface area contributed by atoms with E-state index in [0.717, 1.165) is 6.42 Å². The summed E-state index contributed by atoms with van der Waals surface area (Å²) in [6, 6.07) is 6.72. The van der Waals surface area contributed by atoms with E-state index in [1.54, 1.807) is 24.3 Å². The Morgan fingerprint density at radius 2 is 2.17 bits per heavy atom. The van der Waals surface area contributed by atoms with E-state index < -0.39 is 0 Å². The van der Waals surface area contributed by atoms with Crippen LogP contribution < -0.4 is 21.1 Å². The van der Waals surface area contributed by atoms with Crippen LogP contribution in [0.4, 0.5) is 10.5 Å². The van der Waals surface area contributed by atoms with Gasteiger partial charge in [0, 0.05) is 6.54 Å². The largest absolute Gasteiger partial charge is 0.484 e. The van der Waals surface area contributed by atoms with Crippen LogP contribution in [0.2, 0.25) is 0 Å². The summed E-state index contributed by atoms with van der Waals surface area (Å²) in [7, 11) is 0. The Morgan fingerprint density at radius 3 is 2.83 bits per heavy atom. The molecule has 0 atom stereocenters. The van der Waals surface area contributed by atoms with Crippen LogP contribution in [0.5, 0.6) is 5.75 Å². The van der Waals surface area contributed by atoms with Crippen molar-refractivity contribution >= 4 is 17.6 Å². The van der Waals surface area contributed by atoms with Crippen LogP contribution in [0, 0.1) is 5.41 Å². The van der Waals surface area contributed by atoms with Gasteiger partial charge in [0.15, 0.2) is 0 Å². The van der Waals surface area contributed by atoms with Crippen LogP contribution in [-0.4, -0.2) is 25.0 Å². The summed E-state index contributed by atoms with van der Waals surface area (Å²) in [6.45, 7) is 2.59. The summed E-state index contributed by atoms with van der Waals surface area (Å²) in [5, 5.41) is 12.5. The molecule has 0 saturated heterocycles. The smallest absolute Gasteiger partial charge is 0.319 e. The number of hydrogen-bond donors (Lipinski definition) is 4. The number of nitrogens with two attached hydrogens (primary N) is 1. The second-order valence-electron chi connectivity index (χ2n) is 3.69. The molecule has 6 nitrogen and oxygen atoms in total. The van der Waals surface area contributed by atoms with Gasteiger partial charge in [-0.05, 0) is 18.6 Å². The zero-order valence-electron chi connectivity index (χ0n) is 10.3. The van der Waals surface area contributed by atoms with Crippen LogP contribution in [-0.2, 0) is 0 Å². The molecule has 1 rings (SSSR count). The quantitative estimate of drug-likeness (QED) is 0.455. The standard InChI is InChI=1S/C12H18N4O2/c1-2-7-15-12(17)16-9-5-3-4-6-10(9)18-8-11(13)14/h3-6H,2,7-8H2,1H3,(H3,13,14)(H2,15,16,17). The van der Waals surface area contributed by atoms with Crippen molar-refractivity contribution in [2.75, 3.05) is 18.5 Å². The summed E-state index contributed by atoms with van der Waals surface area (Å²) in [5.74, 6) is 0.416. The number of carbonyl (C=O) groups is 1. The molecule has 0 saturated carbocycles. The predicted molar refractivity (Wildman–Crippen MR) is 71.2 cm³/mol. The second-order valence-corrected chi connectivity index (χ2v) is 3.69. The normalized spacial score (nSPS) is 9.61. The van der Waals surface area contributed by atoms with E-state index in [-0.39, 0.29) is 18.5 Å². The minimum absolute atomic E-state index is 0.00469. The predicted octanol–water partition coefficient (Wildman–Crippen LogP) is 1.53. The molecule has 5 N–H and O–H groups in total. The minimum Gasteiger partial charge on any atom is -0.484 e. The lowest BCUT2D eigenvalue weighted by Gasteiger charge is -2.12. The molecule has 98 valence electrons. The maximum atomic E-state index is 11.5. The molecule has 1 aromatic rings. The molecule has 6 heteroatoms. The van der Waals surface area contributed by atoms with Crippen molar-refractivity contribution in [3.05, 3.63) is 24.3 Å². The number of nitrogens with one attached hydrogen (secondary N) is 3. The molecule has 0 aliphatic carbocycles. The first-order valence-corrected chi connectivity index (χ1v) is 5.73. The van der Waals surface area contributed by atoms with Gasteiger partial charge in [-0.25, -0.2) is 4.79 Å². The summed E-state index contributed by atoms with van der Waals surface area (Å²) in [5.41, 5.74) is 5.76. The third kappa shape index (κ3) is 4.73. The number of rotatable bonds is 6. The highest BCUT2D eigenvalue weighted by Crippen LogP contribution is 2.23. The fourth-order valence-electron chi connectivity index (χ4n) is 1.26. The van der Waals surface area contributed by atoms with Crippen molar-refractivity contribution in [2.45, 2.75) is 13.3 Å². The first-order valence-electron chi connectivity index (χ1n) is 5.73. The molecule has 0 aliphatic rings. The molecule has 0 bridgehead atoms. The second kappa shape index (κ2) is 7.16. The minimum atomic E-state index is -0.282. The number of amidine groups is 1. The van der Waals surface area contributed by atoms with E-state index in [1.165, 1.54) is 0 Å². The van der Waals surface area contributed by atoms with Crippen LogP contribution in [0.3, 0.4) is 0 Å². The van der Waals surface area contributed by atoms with Crippen molar-refractivity contribution in [2.24, 2.45) is 5.73 Å². The monoisotopic (exact) mass is 250 g/mol. The van der Waals surface area contributed by atoms with E-state index in [2.05, 4.69) is 10.6 Å². The maximum Gasteiger partial charge on any atom is 0.319 e. The Bertz CT molecular complexity index is 420. The zero-order chi connectivity index (χ0) is 13.4. The zero-order valence-corrected chi connectivity index (χ0v) is 10.3. The van der Waals surface area contributed by atoms with Gasteiger partial charge < -0.3 is 21.1 Å². The van der Waals surface area contributed by atoms with E-state index >= 15 is 0 Å². The molecule has 1 aromatic carbocycles. The number of carbonyl (C=O) groups excluding carboxylic acids is 1. The first-order chi connectivity index (χ1) is 8.63. The van der Waals surface area contributed by atoms with Gasteiger partial charge in [0.05, 0.1) is 5.69 Å². The van der Waals surface area contributed by atoms with Crippen molar-refractivity contribution in [1.29, 1.82) is 5.41 Å². The summed E-state index contributed by atoms with van der Waals surface area (Å²) in [6.07, 6.45) is 0.871. The first kappa shape index (κ1) is 13.8. The Kier molecular flexibility index (Phi) is 5.50. The Hall–Kier alpha value is -2.24. The molecular formula is C12H18N4O2. The van der Waals surface area contributed by atoms with Gasteiger partial charge in [-0.1, -0.05) is 19.1 Å². The number of amides is 2. The highest BCUT2D eigenvalue weighted by molar-refractivity contribution is 5.91. The van der Waals surface area contributed by atoms with Crippen molar-refractivity contribution in [3.63, 3.8) is 0 Å². The van der Waals surface area contributed by atoms with Gasteiger partial charge in [0.2, 0.25) is 0 Å². The van der Waals surface area contributed by atoms with Crippen molar-refractivity contribution < 1.29 is 9.53 Å². The van der Waals surface area contributed by atoms with E-state index in [9.17, 15) is 4.79 Å². The van der Waals surface area contributed by atoms with Crippen molar-refractivity contribution in [1.82, 2.24) is 5.32 Å². The van der Waals surface area contributed by atoms with Crippen LogP contribution in [0.15, 0.2) is 24.3 Å². The van der Waals surface area contributed by atoms with Crippen LogP contribution in [0.25, 0.3) is 0 Å². The molecule has 0 spiro atoms. The fourth-order valence-corrected chi connectivity index (χ4v) is 1.26. The molecule has 0 radical (unpaired) electrons. The highest BCUT2D eigenvalue weighted by atomic mass is 16.5. The molecule has 0 unspecified atom stereocenters. The number of urea groups is 1. The van der Waals surface area contributed by atoms with Gasteiger partial charge in [0.1, 0.15) is 18.2 Å². The molecule has 0 aromatic heterocycles. The summed E-state index contributed by atoms with van der Waals surface area (Å²) in [4.78, 5) is 11.5. The fraction of sp³-hybridized carbons (Fsp3) is 0.333. The lowest BCUT2D eigenvalue weighted by atomic mass is 10.3. The van der Waals surface area contributed by atoms with Crippen molar-refractivity contribution in [3.8, 4) is 5.75 Å². The molecular weight excluding hydrogens is 232 g/mol. The molecule has 0 aliphatic heterocycles. The number of ether oxygens (including phenoxy) is 1.